The summed E-state index contributed by atoms with van der Waals surface area (Å²) in [7, 11) is -3.76. The lowest BCUT2D eigenvalue weighted by atomic mass is 10.0. The maximum Gasteiger partial charge on any atom is 0.240 e. The Bertz CT molecular complexity index is 1150. The van der Waals surface area contributed by atoms with Gasteiger partial charge in [0.2, 0.25) is 10.0 Å². The normalized spacial score (nSPS) is 15.1. The van der Waals surface area contributed by atoms with Crippen molar-refractivity contribution in [2.45, 2.75) is 25.2 Å². The maximum atomic E-state index is 12.0. The Morgan fingerprint density at radius 2 is 1.59 bits per heavy atom. The molecular formula is C22H26N4O2S. The average molecular weight is 411 g/mol. The van der Waals surface area contributed by atoms with Crippen molar-refractivity contribution < 1.29 is 8.42 Å². The molecule has 0 atom stereocenters. The second-order valence-electron chi connectivity index (χ2n) is 7.38. The third kappa shape index (κ3) is 3.68. The molecule has 0 aliphatic carbocycles. The lowest BCUT2D eigenvalue weighted by Crippen LogP contribution is -2.47. The standard InChI is InChI=1S/C22H26N4O2S/c1-3-17-16(2)24-19-9-5-4-8-18(19)22(17)26-14-12-25(13-15-26)20-10-6-7-11-21(20)29(23,27)28/h4-11H,3,12-15H2,1-2H3,(H2,23,27,28). The van der Waals surface area contributed by atoms with Gasteiger partial charge in [0.05, 0.1) is 16.9 Å². The van der Waals surface area contributed by atoms with Crippen LogP contribution in [0.1, 0.15) is 18.2 Å². The van der Waals surface area contributed by atoms with Crippen LogP contribution in [-0.2, 0) is 16.4 Å². The van der Waals surface area contributed by atoms with E-state index in [9.17, 15) is 8.42 Å². The highest BCUT2D eigenvalue weighted by Gasteiger charge is 2.25. The van der Waals surface area contributed by atoms with E-state index in [-0.39, 0.29) is 4.90 Å². The van der Waals surface area contributed by atoms with E-state index in [1.165, 1.54) is 16.6 Å². The van der Waals surface area contributed by atoms with Crippen LogP contribution in [-0.4, -0.2) is 39.6 Å². The second kappa shape index (κ2) is 7.65. The number of benzene rings is 2. The molecule has 0 bridgehead atoms. The SMILES string of the molecule is CCc1c(C)nc2ccccc2c1N1CCN(c2ccccc2S(N)(=O)=O)CC1. The zero-order chi connectivity index (χ0) is 20.6. The molecule has 0 spiro atoms. The predicted octanol–water partition coefficient (Wildman–Crippen LogP) is 3.08. The van der Waals surface area contributed by atoms with Gasteiger partial charge in [-0.2, -0.15) is 0 Å². The van der Waals surface area contributed by atoms with Crippen molar-refractivity contribution in [3.05, 3.63) is 59.8 Å². The highest BCUT2D eigenvalue weighted by Crippen LogP contribution is 2.34. The lowest BCUT2D eigenvalue weighted by Gasteiger charge is -2.39. The van der Waals surface area contributed by atoms with Crippen molar-refractivity contribution in [2.24, 2.45) is 5.14 Å². The van der Waals surface area contributed by atoms with Crippen LogP contribution in [0.3, 0.4) is 0 Å². The first-order chi connectivity index (χ1) is 13.9. The summed E-state index contributed by atoms with van der Waals surface area (Å²) in [5.41, 5.74) is 5.31. The molecule has 0 saturated carbocycles. The molecule has 2 heterocycles. The minimum atomic E-state index is -3.76. The van der Waals surface area contributed by atoms with Gasteiger partial charge in [-0.3, -0.25) is 4.98 Å². The molecule has 2 N–H and O–H groups in total. The molecule has 1 aliphatic rings. The number of fused-ring (bicyclic) bond motifs is 1. The molecule has 0 unspecified atom stereocenters. The molecular weight excluding hydrogens is 384 g/mol. The molecule has 1 aromatic heterocycles. The van der Waals surface area contributed by atoms with Gasteiger partial charge in [-0.25, -0.2) is 13.6 Å². The molecule has 1 saturated heterocycles. The largest absolute Gasteiger partial charge is 0.367 e. The van der Waals surface area contributed by atoms with Crippen LogP contribution in [0, 0.1) is 6.92 Å². The van der Waals surface area contributed by atoms with Crippen molar-refractivity contribution in [1.82, 2.24) is 4.98 Å². The average Bonchev–Trinajstić information content (AvgIpc) is 2.72. The number of aromatic nitrogens is 1. The first kappa shape index (κ1) is 19.7. The summed E-state index contributed by atoms with van der Waals surface area (Å²) in [5, 5.41) is 6.60. The molecule has 29 heavy (non-hydrogen) atoms. The highest BCUT2D eigenvalue weighted by molar-refractivity contribution is 7.89. The van der Waals surface area contributed by atoms with Gasteiger partial charge >= 0.3 is 0 Å². The fraction of sp³-hybridized carbons (Fsp3) is 0.318. The predicted molar refractivity (Wildman–Crippen MR) is 118 cm³/mol. The number of anilines is 2. The highest BCUT2D eigenvalue weighted by atomic mass is 32.2. The summed E-state index contributed by atoms with van der Waals surface area (Å²) in [6.45, 7) is 7.31. The van der Waals surface area contributed by atoms with Crippen molar-refractivity contribution in [2.75, 3.05) is 36.0 Å². The quantitative estimate of drug-likeness (QED) is 0.715. The van der Waals surface area contributed by atoms with E-state index in [0.29, 0.717) is 5.69 Å². The van der Waals surface area contributed by atoms with Crippen molar-refractivity contribution in [3.63, 3.8) is 0 Å². The van der Waals surface area contributed by atoms with Crippen molar-refractivity contribution in [1.29, 1.82) is 0 Å². The van der Waals surface area contributed by atoms with Gasteiger partial charge in [-0.1, -0.05) is 37.3 Å². The fourth-order valence-electron chi connectivity index (χ4n) is 4.27. The number of pyridine rings is 1. The summed E-state index contributed by atoms with van der Waals surface area (Å²) >= 11 is 0. The first-order valence-electron chi connectivity index (χ1n) is 9.90. The number of nitrogens with zero attached hydrogens (tertiary/aromatic N) is 3. The van der Waals surface area contributed by atoms with E-state index in [1.54, 1.807) is 12.1 Å². The summed E-state index contributed by atoms with van der Waals surface area (Å²) in [6, 6.07) is 15.2. The van der Waals surface area contributed by atoms with Crippen LogP contribution in [0.2, 0.25) is 0 Å². The lowest BCUT2D eigenvalue weighted by molar-refractivity contribution is 0.595. The zero-order valence-electron chi connectivity index (χ0n) is 16.8. The van der Waals surface area contributed by atoms with Crippen molar-refractivity contribution in [3.8, 4) is 0 Å². The van der Waals surface area contributed by atoms with E-state index < -0.39 is 10.0 Å². The molecule has 6 nitrogen and oxygen atoms in total. The smallest absolute Gasteiger partial charge is 0.240 e. The Morgan fingerprint density at radius 1 is 0.966 bits per heavy atom. The maximum absolute atomic E-state index is 12.0. The van der Waals surface area contributed by atoms with E-state index >= 15 is 0 Å². The zero-order valence-corrected chi connectivity index (χ0v) is 17.6. The minimum Gasteiger partial charge on any atom is -0.367 e. The molecule has 1 fully saturated rings. The number of hydrogen-bond donors (Lipinski definition) is 1. The van der Waals surface area contributed by atoms with Gasteiger partial charge in [0.15, 0.2) is 0 Å². The summed E-state index contributed by atoms with van der Waals surface area (Å²) in [5.74, 6) is 0. The van der Waals surface area contributed by atoms with E-state index in [1.807, 2.05) is 18.2 Å². The summed E-state index contributed by atoms with van der Waals surface area (Å²) in [4.78, 5) is 9.49. The van der Waals surface area contributed by atoms with Crippen LogP contribution >= 0.6 is 0 Å². The number of sulfonamides is 1. The number of nitrogens with two attached hydrogens (primary N) is 1. The Labute approximate surface area is 172 Å². The number of rotatable bonds is 4. The Kier molecular flexibility index (Phi) is 5.19. The van der Waals surface area contributed by atoms with Crippen molar-refractivity contribution >= 4 is 32.3 Å². The molecule has 4 rings (SSSR count). The topological polar surface area (TPSA) is 79.5 Å². The second-order valence-corrected chi connectivity index (χ2v) is 8.91. The molecule has 2 aromatic carbocycles. The van der Waals surface area contributed by atoms with Crippen LogP contribution in [0.5, 0.6) is 0 Å². The minimum absolute atomic E-state index is 0.188. The van der Waals surface area contributed by atoms with Crippen LogP contribution < -0.4 is 14.9 Å². The Hall–Kier alpha value is -2.64. The van der Waals surface area contributed by atoms with Gasteiger partial charge in [-0.15, -0.1) is 0 Å². The Balaban J connectivity index is 1.67. The van der Waals surface area contributed by atoms with Crippen LogP contribution in [0.4, 0.5) is 11.4 Å². The fourth-order valence-corrected chi connectivity index (χ4v) is 5.02. The first-order valence-corrected chi connectivity index (χ1v) is 11.4. The number of aryl methyl sites for hydroxylation is 1. The monoisotopic (exact) mass is 410 g/mol. The van der Waals surface area contributed by atoms with E-state index in [4.69, 9.17) is 10.1 Å². The van der Waals surface area contributed by atoms with Gasteiger partial charge in [0, 0.05) is 37.3 Å². The molecule has 7 heteroatoms. The number of primary sulfonamides is 1. The van der Waals surface area contributed by atoms with Gasteiger partial charge in [-0.05, 0) is 37.1 Å². The Morgan fingerprint density at radius 3 is 2.28 bits per heavy atom. The summed E-state index contributed by atoms with van der Waals surface area (Å²) in [6.07, 6.45) is 0.924. The third-order valence-corrected chi connectivity index (χ3v) is 6.59. The van der Waals surface area contributed by atoms with Crippen LogP contribution in [0.15, 0.2) is 53.4 Å². The molecule has 152 valence electrons. The molecule has 0 radical (unpaired) electrons. The van der Waals surface area contributed by atoms with E-state index in [0.717, 1.165) is 43.8 Å². The third-order valence-electron chi connectivity index (χ3n) is 5.63. The molecule has 1 aliphatic heterocycles. The number of piperazine rings is 1. The van der Waals surface area contributed by atoms with Gasteiger partial charge < -0.3 is 9.80 Å². The number of para-hydroxylation sites is 2. The molecule has 0 amide bonds. The van der Waals surface area contributed by atoms with E-state index in [2.05, 4.69) is 41.8 Å². The molecule has 3 aromatic rings. The van der Waals surface area contributed by atoms with Crippen LogP contribution in [0.25, 0.3) is 10.9 Å². The number of hydrogen-bond acceptors (Lipinski definition) is 5. The van der Waals surface area contributed by atoms with Gasteiger partial charge in [0.25, 0.3) is 0 Å². The summed E-state index contributed by atoms with van der Waals surface area (Å²) < 4.78 is 24.0. The van der Waals surface area contributed by atoms with Gasteiger partial charge in [0.1, 0.15) is 4.90 Å².